The molecule has 1 heterocycles. The van der Waals surface area contributed by atoms with Crippen molar-refractivity contribution in [2.24, 2.45) is 0 Å². The number of allylic oxidation sites excluding steroid dienone is 1. The van der Waals surface area contributed by atoms with Gasteiger partial charge in [0.2, 0.25) is 0 Å². The van der Waals surface area contributed by atoms with Gasteiger partial charge in [0, 0.05) is 25.0 Å². The summed E-state index contributed by atoms with van der Waals surface area (Å²) in [5, 5.41) is 7.93. The Labute approximate surface area is 114 Å². The maximum absolute atomic E-state index is 4.32. The van der Waals surface area contributed by atoms with Crippen LogP contribution in [0.3, 0.4) is 0 Å². The van der Waals surface area contributed by atoms with Crippen LogP contribution in [-0.4, -0.2) is 15.8 Å². The fraction of sp³-hybridized carbons (Fsp3) is 0.312. The van der Waals surface area contributed by atoms with Gasteiger partial charge in [0.25, 0.3) is 0 Å². The molecular formula is C16H19N3. The van der Waals surface area contributed by atoms with Crippen molar-refractivity contribution < 1.29 is 0 Å². The molecule has 3 nitrogen and oxygen atoms in total. The summed E-state index contributed by atoms with van der Waals surface area (Å²) in [7, 11) is 0. The quantitative estimate of drug-likeness (QED) is 0.849. The lowest BCUT2D eigenvalue weighted by Gasteiger charge is -2.19. The number of rotatable bonds is 4. The Bertz CT molecular complexity index is 543. The zero-order valence-electron chi connectivity index (χ0n) is 11.0. The van der Waals surface area contributed by atoms with E-state index in [1.54, 1.807) is 0 Å². The van der Waals surface area contributed by atoms with Gasteiger partial charge in [-0.2, -0.15) is 5.10 Å². The first-order chi connectivity index (χ1) is 9.43. The van der Waals surface area contributed by atoms with E-state index in [4.69, 9.17) is 0 Å². The van der Waals surface area contributed by atoms with Crippen LogP contribution < -0.4 is 5.32 Å². The number of hydrogen-bond donors (Lipinski definition) is 1. The molecule has 1 atom stereocenters. The number of nitrogens with zero attached hydrogens (tertiary/aromatic N) is 2. The van der Waals surface area contributed by atoms with Crippen molar-refractivity contribution >= 4 is 0 Å². The first-order valence-corrected chi connectivity index (χ1v) is 6.91. The summed E-state index contributed by atoms with van der Waals surface area (Å²) in [4.78, 5) is 0. The third-order valence-corrected chi connectivity index (χ3v) is 3.55. The fourth-order valence-electron chi connectivity index (χ4n) is 2.52. The Hall–Kier alpha value is -1.87. The highest BCUT2D eigenvalue weighted by molar-refractivity contribution is 5.40. The van der Waals surface area contributed by atoms with Crippen molar-refractivity contribution in [1.29, 1.82) is 0 Å². The van der Waals surface area contributed by atoms with Gasteiger partial charge in [-0.3, -0.25) is 0 Å². The molecule has 1 N–H and O–H groups in total. The van der Waals surface area contributed by atoms with Crippen molar-refractivity contribution in [3.63, 3.8) is 0 Å². The molecule has 98 valence electrons. The van der Waals surface area contributed by atoms with Crippen molar-refractivity contribution in [3.8, 4) is 5.69 Å². The molecule has 1 aromatic heterocycles. The highest BCUT2D eigenvalue weighted by Crippen LogP contribution is 2.15. The Kier molecular flexibility index (Phi) is 3.75. The van der Waals surface area contributed by atoms with Crippen molar-refractivity contribution in [3.05, 3.63) is 60.4 Å². The lowest BCUT2D eigenvalue weighted by Crippen LogP contribution is -2.28. The first kappa shape index (κ1) is 12.2. The van der Waals surface area contributed by atoms with E-state index in [-0.39, 0.29) is 0 Å². The van der Waals surface area contributed by atoms with Crippen molar-refractivity contribution in [2.45, 2.75) is 31.8 Å². The molecule has 1 unspecified atom stereocenters. The summed E-state index contributed by atoms with van der Waals surface area (Å²) in [6, 6.07) is 10.9. The second-order valence-corrected chi connectivity index (χ2v) is 4.93. The minimum atomic E-state index is 0.513. The van der Waals surface area contributed by atoms with Crippen molar-refractivity contribution in [1.82, 2.24) is 15.1 Å². The third-order valence-electron chi connectivity index (χ3n) is 3.55. The highest BCUT2D eigenvalue weighted by atomic mass is 15.3. The molecule has 0 fully saturated rings. The van der Waals surface area contributed by atoms with Gasteiger partial charge >= 0.3 is 0 Å². The molecule has 0 saturated carbocycles. The van der Waals surface area contributed by atoms with Gasteiger partial charge < -0.3 is 5.32 Å². The van der Waals surface area contributed by atoms with Gasteiger partial charge in [-0.15, -0.1) is 0 Å². The molecule has 2 aromatic rings. The maximum atomic E-state index is 4.32. The molecule has 1 aromatic carbocycles. The van der Waals surface area contributed by atoms with E-state index in [0.29, 0.717) is 6.04 Å². The second-order valence-electron chi connectivity index (χ2n) is 4.93. The molecule has 1 aliphatic rings. The third kappa shape index (κ3) is 2.93. The highest BCUT2D eigenvalue weighted by Gasteiger charge is 2.09. The molecule has 1 aliphatic carbocycles. The van der Waals surface area contributed by atoms with Crippen LogP contribution in [0.2, 0.25) is 0 Å². The number of nitrogens with one attached hydrogen (secondary N) is 1. The van der Waals surface area contributed by atoms with E-state index in [0.717, 1.165) is 12.2 Å². The van der Waals surface area contributed by atoms with Gasteiger partial charge in [0.1, 0.15) is 0 Å². The molecule has 0 saturated heterocycles. The predicted molar refractivity (Wildman–Crippen MR) is 77.2 cm³/mol. The average Bonchev–Trinajstić information content (AvgIpc) is 3.01. The second kappa shape index (κ2) is 5.85. The fourth-order valence-corrected chi connectivity index (χ4v) is 2.52. The van der Waals surface area contributed by atoms with Gasteiger partial charge in [0.15, 0.2) is 0 Å². The molecule has 0 aliphatic heterocycles. The van der Waals surface area contributed by atoms with Crippen LogP contribution in [0.15, 0.2) is 54.9 Å². The van der Waals surface area contributed by atoms with E-state index in [1.165, 1.54) is 24.8 Å². The van der Waals surface area contributed by atoms with E-state index < -0.39 is 0 Å². The molecular weight excluding hydrogens is 234 g/mol. The SMILES string of the molecule is C1=CC(NCc2ccccc2-n2cccn2)CCC1. The molecule has 0 spiro atoms. The van der Waals surface area contributed by atoms with Crippen LogP contribution in [0, 0.1) is 0 Å². The lowest BCUT2D eigenvalue weighted by molar-refractivity contribution is 0.521. The summed E-state index contributed by atoms with van der Waals surface area (Å²) in [6.07, 6.45) is 12.1. The average molecular weight is 253 g/mol. The number of benzene rings is 1. The van der Waals surface area contributed by atoms with Gasteiger partial charge in [-0.05, 0) is 37.0 Å². The van der Waals surface area contributed by atoms with Crippen LogP contribution in [0.1, 0.15) is 24.8 Å². The van der Waals surface area contributed by atoms with Gasteiger partial charge in [-0.1, -0.05) is 30.4 Å². The predicted octanol–water partition coefficient (Wildman–Crippen LogP) is 3.07. The number of para-hydroxylation sites is 1. The molecule has 0 radical (unpaired) electrons. The molecule has 0 amide bonds. The Balaban J connectivity index is 1.74. The Morgan fingerprint density at radius 3 is 3.00 bits per heavy atom. The topological polar surface area (TPSA) is 29.9 Å². The zero-order valence-corrected chi connectivity index (χ0v) is 11.0. The van der Waals surface area contributed by atoms with E-state index in [9.17, 15) is 0 Å². The summed E-state index contributed by atoms with van der Waals surface area (Å²) < 4.78 is 1.92. The van der Waals surface area contributed by atoms with E-state index in [2.05, 4.69) is 46.8 Å². The van der Waals surface area contributed by atoms with Gasteiger partial charge in [-0.25, -0.2) is 4.68 Å². The molecule has 19 heavy (non-hydrogen) atoms. The van der Waals surface area contributed by atoms with Crippen LogP contribution in [-0.2, 0) is 6.54 Å². The molecule has 3 rings (SSSR count). The normalized spacial score (nSPS) is 18.6. The molecule has 3 heteroatoms. The van der Waals surface area contributed by atoms with Crippen LogP contribution in [0.25, 0.3) is 5.69 Å². The molecule has 0 bridgehead atoms. The minimum Gasteiger partial charge on any atom is -0.306 e. The smallest absolute Gasteiger partial charge is 0.0690 e. The number of aromatic nitrogens is 2. The Morgan fingerprint density at radius 2 is 2.21 bits per heavy atom. The summed E-state index contributed by atoms with van der Waals surface area (Å²) in [6.45, 7) is 0.880. The summed E-state index contributed by atoms with van der Waals surface area (Å²) >= 11 is 0. The van der Waals surface area contributed by atoms with E-state index in [1.807, 2.05) is 23.1 Å². The minimum absolute atomic E-state index is 0.513. The zero-order chi connectivity index (χ0) is 12.9. The van der Waals surface area contributed by atoms with Crippen LogP contribution in [0.5, 0.6) is 0 Å². The summed E-state index contributed by atoms with van der Waals surface area (Å²) in [5.41, 5.74) is 2.44. The maximum Gasteiger partial charge on any atom is 0.0690 e. The van der Waals surface area contributed by atoms with Crippen LogP contribution >= 0.6 is 0 Å². The van der Waals surface area contributed by atoms with Crippen LogP contribution in [0.4, 0.5) is 0 Å². The first-order valence-electron chi connectivity index (χ1n) is 6.91. The monoisotopic (exact) mass is 253 g/mol. The lowest BCUT2D eigenvalue weighted by atomic mass is 10.0. The largest absolute Gasteiger partial charge is 0.306 e. The summed E-state index contributed by atoms with van der Waals surface area (Å²) in [5.74, 6) is 0. The Morgan fingerprint density at radius 1 is 1.26 bits per heavy atom. The van der Waals surface area contributed by atoms with Gasteiger partial charge in [0.05, 0.1) is 5.69 Å². The number of hydrogen-bond acceptors (Lipinski definition) is 2. The van der Waals surface area contributed by atoms with E-state index >= 15 is 0 Å². The van der Waals surface area contributed by atoms with Crippen molar-refractivity contribution in [2.75, 3.05) is 0 Å². The standard InChI is InChI=1S/C16H19N3/c1-2-8-15(9-3-1)17-13-14-7-4-5-10-16(14)19-12-6-11-18-19/h2,4-8,10-12,15,17H,1,3,9,13H2.